The molecule has 1 aromatic carbocycles. The molecule has 2 aliphatic heterocycles. The van der Waals surface area contributed by atoms with Gasteiger partial charge in [0, 0.05) is 25.2 Å². The summed E-state index contributed by atoms with van der Waals surface area (Å²) in [5.41, 5.74) is 1.99. The van der Waals surface area contributed by atoms with E-state index in [9.17, 15) is 14.4 Å². The van der Waals surface area contributed by atoms with Gasteiger partial charge in [0.05, 0.1) is 11.8 Å². The lowest BCUT2D eigenvalue weighted by Crippen LogP contribution is -2.35. The fourth-order valence-corrected chi connectivity index (χ4v) is 6.43. The van der Waals surface area contributed by atoms with Crippen LogP contribution in [0.2, 0.25) is 0 Å². The third kappa shape index (κ3) is 4.14. The second-order valence-electron chi connectivity index (χ2n) is 9.90. The molecule has 2 heterocycles. The SMILES string of the molecule is O=C(CCN1C(=O)[C@@H]2[C@H]3CC[C@@H](C3)[C@@H]2C1=O)Nc1cccc(CN2CCCCCC2)c1. The Bertz CT molecular complexity index is 833. The fraction of sp³-hybridized carbons (Fsp3) is 0.640. The predicted molar refractivity (Wildman–Crippen MR) is 118 cm³/mol. The number of nitrogens with one attached hydrogen (secondary N) is 1. The number of carbonyl (C=O) groups excluding carboxylic acids is 3. The van der Waals surface area contributed by atoms with E-state index < -0.39 is 0 Å². The van der Waals surface area contributed by atoms with Crippen molar-refractivity contribution in [2.75, 3.05) is 25.0 Å². The second-order valence-corrected chi connectivity index (χ2v) is 9.90. The molecule has 1 aromatic rings. The van der Waals surface area contributed by atoms with E-state index in [2.05, 4.69) is 16.3 Å². The molecule has 0 unspecified atom stereocenters. The number of hydrogen-bond donors (Lipinski definition) is 1. The normalized spacial score (nSPS) is 30.5. The topological polar surface area (TPSA) is 69.7 Å². The molecule has 4 atom stereocenters. The zero-order chi connectivity index (χ0) is 21.4. The number of rotatable bonds is 6. The molecule has 4 aliphatic rings. The highest BCUT2D eigenvalue weighted by atomic mass is 16.2. The maximum absolute atomic E-state index is 12.8. The van der Waals surface area contributed by atoms with Crippen LogP contribution in [-0.2, 0) is 20.9 Å². The summed E-state index contributed by atoms with van der Waals surface area (Å²) in [5.74, 6) is 0.348. The molecule has 2 bridgehead atoms. The first-order chi connectivity index (χ1) is 15.1. The van der Waals surface area contributed by atoms with Gasteiger partial charge in [0.1, 0.15) is 0 Å². The molecule has 3 amide bonds. The van der Waals surface area contributed by atoms with E-state index in [1.54, 1.807) is 0 Å². The molecule has 166 valence electrons. The van der Waals surface area contributed by atoms with Crippen LogP contribution in [0.3, 0.4) is 0 Å². The number of anilines is 1. The molecule has 0 spiro atoms. The van der Waals surface area contributed by atoms with E-state index in [1.807, 2.05) is 18.2 Å². The van der Waals surface area contributed by atoms with Gasteiger partial charge in [-0.3, -0.25) is 24.2 Å². The van der Waals surface area contributed by atoms with E-state index in [4.69, 9.17) is 0 Å². The maximum atomic E-state index is 12.8. The standard InChI is InChI=1S/C25H33N3O3/c29-21(10-13-28-24(30)22-18-8-9-19(15-18)23(22)25(28)31)26-20-7-5-6-17(14-20)16-27-11-3-1-2-4-12-27/h5-7,14,18-19,22-23H,1-4,8-13,15-16H2,(H,26,29)/t18-,19-,22-,23+/m0/s1. The highest BCUT2D eigenvalue weighted by Gasteiger charge is 2.60. The highest BCUT2D eigenvalue weighted by Crippen LogP contribution is 2.56. The highest BCUT2D eigenvalue weighted by molar-refractivity contribution is 6.06. The van der Waals surface area contributed by atoms with Gasteiger partial charge in [0.15, 0.2) is 0 Å². The van der Waals surface area contributed by atoms with Gasteiger partial charge in [-0.1, -0.05) is 25.0 Å². The van der Waals surface area contributed by atoms with E-state index in [1.165, 1.54) is 36.1 Å². The summed E-state index contributed by atoms with van der Waals surface area (Å²) < 4.78 is 0. The van der Waals surface area contributed by atoms with Gasteiger partial charge in [0.25, 0.3) is 0 Å². The van der Waals surface area contributed by atoms with Crippen molar-refractivity contribution in [2.45, 2.75) is 57.9 Å². The van der Waals surface area contributed by atoms with Crippen molar-refractivity contribution in [1.29, 1.82) is 0 Å². The van der Waals surface area contributed by atoms with Crippen molar-refractivity contribution >= 4 is 23.4 Å². The smallest absolute Gasteiger partial charge is 0.233 e. The molecule has 31 heavy (non-hydrogen) atoms. The molecule has 6 nitrogen and oxygen atoms in total. The fourth-order valence-electron chi connectivity index (χ4n) is 6.43. The Hall–Kier alpha value is -2.21. The van der Waals surface area contributed by atoms with Crippen molar-refractivity contribution in [3.8, 4) is 0 Å². The van der Waals surface area contributed by atoms with Crippen LogP contribution >= 0.6 is 0 Å². The van der Waals surface area contributed by atoms with E-state index in [0.29, 0.717) is 11.8 Å². The first-order valence-electron chi connectivity index (χ1n) is 12.1. The number of benzene rings is 1. The zero-order valence-electron chi connectivity index (χ0n) is 18.2. The summed E-state index contributed by atoms with van der Waals surface area (Å²) in [6.07, 6.45) is 8.49. The van der Waals surface area contributed by atoms with Crippen LogP contribution in [0.25, 0.3) is 0 Å². The van der Waals surface area contributed by atoms with E-state index in [0.717, 1.165) is 44.6 Å². The molecule has 2 aliphatic carbocycles. The van der Waals surface area contributed by atoms with Gasteiger partial charge >= 0.3 is 0 Å². The number of imide groups is 1. The first-order valence-corrected chi connectivity index (χ1v) is 12.1. The van der Waals surface area contributed by atoms with Crippen LogP contribution in [0.5, 0.6) is 0 Å². The molecule has 6 heteroatoms. The number of carbonyl (C=O) groups is 3. The van der Waals surface area contributed by atoms with Gasteiger partial charge in [0.2, 0.25) is 17.7 Å². The first kappa shape index (κ1) is 20.7. The number of likely N-dealkylation sites (tertiary alicyclic amines) is 2. The number of amides is 3. The van der Waals surface area contributed by atoms with Gasteiger partial charge < -0.3 is 5.32 Å². The number of fused-ring (bicyclic) bond motifs is 5. The third-order valence-electron chi connectivity index (χ3n) is 7.90. The Labute approximate surface area is 184 Å². The van der Waals surface area contributed by atoms with Crippen LogP contribution < -0.4 is 5.32 Å². The largest absolute Gasteiger partial charge is 0.326 e. The minimum atomic E-state index is -0.146. The van der Waals surface area contributed by atoms with Crippen molar-refractivity contribution in [2.24, 2.45) is 23.7 Å². The Morgan fingerprint density at radius 1 is 0.968 bits per heavy atom. The minimum Gasteiger partial charge on any atom is -0.326 e. The zero-order valence-corrected chi connectivity index (χ0v) is 18.2. The second kappa shape index (κ2) is 8.73. The van der Waals surface area contributed by atoms with Crippen LogP contribution in [0.15, 0.2) is 24.3 Å². The molecule has 2 saturated carbocycles. The van der Waals surface area contributed by atoms with Crippen LogP contribution in [0.4, 0.5) is 5.69 Å². The summed E-state index contributed by atoms with van der Waals surface area (Å²) >= 11 is 0. The summed E-state index contributed by atoms with van der Waals surface area (Å²) in [5, 5.41) is 2.96. The minimum absolute atomic E-state index is 0.0329. The summed E-state index contributed by atoms with van der Waals surface area (Å²) in [7, 11) is 0. The Kier molecular flexibility index (Phi) is 5.83. The van der Waals surface area contributed by atoms with Gasteiger partial charge in [-0.25, -0.2) is 0 Å². The Morgan fingerprint density at radius 2 is 1.65 bits per heavy atom. The molecular formula is C25H33N3O3. The Morgan fingerprint density at radius 3 is 2.32 bits per heavy atom. The quantitative estimate of drug-likeness (QED) is 0.712. The monoisotopic (exact) mass is 423 g/mol. The molecule has 2 saturated heterocycles. The third-order valence-corrected chi connectivity index (χ3v) is 7.90. The average Bonchev–Trinajstić information content (AvgIpc) is 3.36. The van der Waals surface area contributed by atoms with Crippen molar-refractivity contribution in [1.82, 2.24) is 9.80 Å². The van der Waals surface area contributed by atoms with E-state index in [-0.39, 0.29) is 42.5 Å². The summed E-state index contributed by atoms with van der Waals surface area (Å²) in [6.45, 7) is 3.38. The lowest BCUT2D eigenvalue weighted by molar-refractivity contribution is -0.140. The van der Waals surface area contributed by atoms with Crippen molar-refractivity contribution in [3.63, 3.8) is 0 Å². The Balaban J connectivity index is 1.14. The van der Waals surface area contributed by atoms with Gasteiger partial charge in [-0.15, -0.1) is 0 Å². The number of nitrogens with zero attached hydrogens (tertiary/aromatic N) is 2. The molecule has 5 rings (SSSR count). The van der Waals surface area contributed by atoms with Crippen LogP contribution in [0.1, 0.15) is 56.9 Å². The van der Waals surface area contributed by atoms with Crippen molar-refractivity contribution in [3.05, 3.63) is 29.8 Å². The number of hydrogen-bond acceptors (Lipinski definition) is 4. The van der Waals surface area contributed by atoms with Gasteiger partial charge in [-0.05, 0) is 74.7 Å². The average molecular weight is 424 g/mol. The summed E-state index contributed by atoms with van der Waals surface area (Å²) in [6, 6.07) is 8.03. The molecule has 0 aromatic heterocycles. The molecule has 0 radical (unpaired) electrons. The maximum Gasteiger partial charge on any atom is 0.233 e. The van der Waals surface area contributed by atoms with Crippen LogP contribution in [-0.4, -0.2) is 47.2 Å². The van der Waals surface area contributed by atoms with Crippen LogP contribution in [0, 0.1) is 23.7 Å². The molecular weight excluding hydrogens is 390 g/mol. The summed E-state index contributed by atoms with van der Waals surface area (Å²) in [4.78, 5) is 42.0. The molecule has 4 fully saturated rings. The lowest BCUT2D eigenvalue weighted by Gasteiger charge is -2.20. The van der Waals surface area contributed by atoms with E-state index >= 15 is 0 Å². The lowest BCUT2D eigenvalue weighted by atomic mass is 9.81. The van der Waals surface area contributed by atoms with Gasteiger partial charge in [-0.2, -0.15) is 0 Å². The predicted octanol–water partition coefficient (Wildman–Crippen LogP) is 3.42. The molecule has 1 N–H and O–H groups in total. The van der Waals surface area contributed by atoms with Crippen molar-refractivity contribution < 1.29 is 14.4 Å².